The first-order valence-electron chi connectivity index (χ1n) is 1.27. The molecule has 8 heavy (non-hydrogen) atoms. The van der Waals surface area contributed by atoms with E-state index in [1.54, 1.807) is 0 Å². The zero-order valence-electron chi connectivity index (χ0n) is 3.57. The van der Waals surface area contributed by atoms with E-state index in [0.717, 1.165) is 0 Å². The van der Waals surface area contributed by atoms with Crippen LogP contribution in [0.5, 0.6) is 0 Å². The Morgan fingerprint density at radius 3 is 1.88 bits per heavy atom. The van der Waals surface area contributed by atoms with Crippen molar-refractivity contribution < 1.29 is 61.8 Å². The topological polar surface area (TPSA) is 63.6 Å². The molecule has 0 rings (SSSR count). The fourth-order valence-electron chi connectivity index (χ4n) is 0.0390. The molecule has 0 bridgehead atoms. The van der Waals surface area contributed by atoms with Gasteiger partial charge in [0, 0.05) is 22.4 Å². The molecule has 0 atom stereocenters. The minimum absolute atomic E-state index is 0. The number of rotatable bonds is 0. The maximum atomic E-state index is 9.72. The quantitative estimate of drug-likeness (QED) is 0.447. The van der Waals surface area contributed by atoms with Gasteiger partial charge < -0.3 is 0 Å². The van der Waals surface area contributed by atoms with Crippen molar-refractivity contribution in [2.24, 2.45) is 0 Å². The Hall–Kier alpha value is 0.421. The Balaban J connectivity index is 0. The van der Waals surface area contributed by atoms with E-state index in [1.165, 1.54) is 0 Å². The first kappa shape index (κ1) is 11.2. The number of carbonyl (C=O) groups is 2. The summed E-state index contributed by atoms with van der Waals surface area (Å²) in [7, 11) is 0. The number of hydrogen-bond acceptors (Lipinski definition) is 3. The summed E-state index contributed by atoms with van der Waals surface area (Å²) in [6.45, 7) is 0. The van der Waals surface area contributed by atoms with Crippen LogP contribution in [0.1, 0.15) is 0 Å². The van der Waals surface area contributed by atoms with Crippen molar-refractivity contribution in [3.63, 3.8) is 0 Å². The minimum Gasteiger partial charge on any atom is 0 e. The zero-order valence-corrected chi connectivity index (χ0v) is 8.98. The number of carboxylic acids is 1. The molecule has 4 nitrogen and oxygen atoms in total. The molecule has 0 amide bonds. The van der Waals surface area contributed by atoms with Gasteiger partial charge in [-0.1, -0.05) is 0 Å². The predicted octanol–water partition coefficient (Wildman–Crippen LogP) is -0.926. The predicted molar refractivity (Wildman–Crippen MR) is 13.7 cm³/mol. The molecule has 0 aliphatic rings. The van der Waals surface area contributed by atoms with Crippen molar-refractivity contribution in [1.29, 1.82) is 0 Å². The monoisotopic (exact) mass is 363 g/mol. The average Bonchev–Trinajstić information content (AvgIpc) is 1.65. The Bertz CT molecular complexity index is 102. The smallest absolute Gasteiger partial charge is 0 e. The summed E-state index contributed by atoms with van der Waals surface area (Å²) in [5.41, 5.74) is 0. The number of hydrogen-bond donors (Lipinski definition) is 1. The summed E-state index contributed by atoms with van der Waals surface area (Å²) in [5, 5.41) is 7.73. The van der Waals surface area contributed by atoms with Gasteiger partial charge >= 0.3 is 51.3 Å². The van der Waals surface area contributed by atoms with Gasteiger partial charge in [-0.25, -0.2) is 0 Å². The molecule has 0 saturated carbocycles. The van der Waals surface area contributed by atoms with Gasteiger partial charge in [-0.2, -0.15) is 0 Å². The van der Waals surface area contributed by atoms with Gasteiger partial charge in [-0.15, -0.1) is 0 Å². The van der Waals surface area contributed by atoms with Gasteiger partial charge in [0.2, 0.25) is 0 Å². The molecular weight excluding hydrogens is 362 g/mol. The molecule has 0 heterocycles. The summed E-state index contributed by atoms with van der Waals surface area (Å²) in [4.78, 5) is 19.2. The van der Waals surface area contributed by atoms with Gasteiger partial charge in [-0.05, 0) is 0 Å². The molecule has 0 saturated heterocycles. The van der Waals surface area contributed by atoms with Crippen molar-refractivity contribution >= 4 is 11.9 Å². The molecule has 0 fully saturated rings. The number of carbonyl (C=O) groups excluding carboxylic acids is 1. The van der Waals surface area contributed by atoms with Crippen molar-refractivity contribution in [1.82, 2.24) is 0 Å². The maximum Gasteiger partial charge on any atom is 0 e. The molecule has 0 unspecified atom stereocenters. The molecule has 0 aliphatic heterocycles. The molecular formula is C2HNbO4Ta. The summed E-state index contributed by atoms with van der Waals surface area (Å²) in [6, 6.07) is 0. The van der Waals surface area contributed by atoms with Crippen LogP contribution in [0.2, 0.25) is 0 Å². The van der Waals surface area contributed by atoms with Crippen LogP contribution < -0.4 is 0 Å². The van der Waals surface area contributed by atoms with Crippen molar-refractivity contribution in [3.8, 4) is 0 Å². The maximum absolute atomic E-state index is 9.72. The van der Waals surface area contributed by atoms with Crippen LogP contribution in [0.4, 0.5) is 0 Å². The molecule has 0 aliphatic carbocycles. The Morgan fingerprint density at radius 1 is 1.50 bits per heavy atom. The third-order valence-electron chi connectivity index (χ3n) is 0.258. The van der Waals surface area contributed by atoms with Crippen LogP contribution in [0.3, 0.4) is 0 Å². The van der Waals surface area contributed by atoms with Crippen LogP contribution in [0.25, 0.3) is 0 Å². The second-order valence-corrected chi connectivity index (χ2v) is 1.34. The number of aliphatic carboxylic acids is 1. The Morgan fingerprint density at radius 2 is 1.88 bits per heavy atom. The van der Waals surface area contributed by atoms with Gasteiger partial charge in [0.25, 0.3) is 0 Å². The van der Waals surface area contributed by atoms with E-state index in [1.807, 2.05) is 0 Å². The van der Waals surface area contributed by atoms with E-state index in [-0.39, 0.29) is 22.4 Å². The molecule has 1 radical (unpaired) electrons. The number of carboxylic acid groups (broad SMARTS) is 1. The standard InChI is InChI=1S/C2H2O4.Nb.Ta/c3-1(4)2(5)6;;/h(H,3,4)(H,5,6);;/q;;+1/p-1. The van der Waals surface area contributed by atoms with E-state index < -0.39 is 11.9 Å². The van der Waals surface area contributed by atoms with Crippen molar-refractivity contribution in [3.05, 3.63) is 0 Å². The summed E-state index contributed by atoms with van der Waals surface area (Å²) < 4.78 is 3.88. The van der Waals surface area contributed by atoms with Gasteiger partial charge in [0.1, 0.15) is 0 Å². The van der Waals surface area contributed by atoms with Gasteiger partial charge in [0.15, 0.2) is 0 Å². The summed E-state index contributed by atoms with van der Waals surface area (Å²) in [6.07, 6.45) is 0. The molecule has 43 valence electrons. The fourth-order valence-corrected chi connectivity index (χ4v) is 0.320. The largest absolute Gasteiger partial charge is 0 e. The third-order valence-corrected chi connectivity index (χ3v) is 0.853. The van der Waals surface area contributed by atoms with E-state index in [4.69, 9.17) is 5.11 Å². The first-order chi connectivity index (χ1) is 3.18. The fraction of sp³-hybridized carbons (Fsp3) is 0. The zero-order chi connectivity index (χ0) is 5.86. The van der Waals surface area contributed by atoms with Crippen LogP contribution >= 0.6 is 0 Å². The van der Waals surface area contributed by atoms with Gasteiger partial charge in [0.05, 0.1) is 0 Å². The molecule has 0 aromatic rings. The van der Waals surface area contributed by atoms with E-state index in [9.17, 15) is 9.59 Å². The molecule has 0 aromatic carbocycles. The van der Waals surface area contributed by atoms with Crippen LogP contribution in [0, 0.1) is 0 Å². The van der Waals surface area contributed by atoms with Crippen LogP contribution in [0.15, 0.2) is 0 Å². The van der Waals surface area contributed by atoms with E-state index in [0.29, 0.717) is 21.5 Å². The Kier molecular flexibility index (Phi) is 7.81. The molecule has 0 aromatic heterocycles. The molecule has 6 heteroatoms. The van der Waals surface area contributed by atoms with Crippen molar-refractivity contribution in [2.75, 3.05) is 0 Å². The minimum atomic E-state index is -1.54. The van der Waals surface area contributed by atoms with Crippen molar-refractivity contribution in [2.45, 2.75) is 0 Å². The Labute approximate surface area is 73.5 Å². The summed E-state index contributed by atoms with van der Waals surface area (Å²) in [5.74, 6) is -2.73. The summed E-state index contributed by atoms with van der Waals surface area (Å²) >= 11 is 0.314. The van der Waals surface area contributed by atoms with Gasteiger partial charge in [-0.3, -0.25) is 0 Å². The molecule has 0 spiro atoms. The van der Waals surface area contributed by atoms with Crippen LogP contribution in [-0.4, -0.2) is 17.0 Å². The van der Waals surface area contributed by atoms with Crippen LogP contribution in [-0.2, 0) is 56.7 Å². The van der Waals surface area contributed by atoms with E-state index >= 15 is 0 Å². The average molecular weight is 363 g/mol. The second kappa shape index (κ2) is 5.56. The second-order valence-electron chi connectivity index (χ2n) is 0.684. The molecule has 1 N–H and O–H groups in total. The first-order valence-corrected chi connectivity index (χ1v) is 2.58. The third kappa shape index (κ3) is 4.58. The normalized spacial score (nSPS) is 6.50. The SMILES string of the molecule is O=C(O)C(=O)[O][Ta].[Nb]. The van der Waals surface area contributed by atoms with E-state index in [2.05, 4.69) is 3.24 Å².